The maximum Gasteiger partial charge on any atom is 0.335 e. The molecule has 2 heterocycles. The van der Waals surface area contributed by atoms with Gasteiger partial charge in [0.25, 0.3) is 0 Å². The lowest BCUT2D eigenvalue weighted by Crippen LogP contribution is -2.22. The molecule has 0 aliphatic carbocycles. The highest BCUT2D eigenvalue weighted by atomic mass is 16.4. The fraction of sp³-hybridized carbons (Fsp3) is 0.120. The molecule has 0 bridgehead atoms. The smallest absolute Gasteiger partial charge is 0.335 e. The van der Waals surface area contributed by atoms with Gasteiger partial charge >= 0.3 is 11.5 Å². The molecule has 8 heteroatoms. The van der Waals surface area contributed by atoms with Crippen LogP contribution in [0.4, 0.5) is 5.95 Å². The van der Waals surface area contributed by atoms with E-state index in [1.807, 2.05) is 25.1 Å². The Labute approximate surface area is 188 Å². The zero-order valence-electron chi connectivity index (χ0n) is 17.8. The summed E-state index contributed by atoms with van der Waals surface area (Å²) >= 11 is 0. The average molecular weight is 439 g/mol. The molecule has 33 heavy (non-hydrogen) atoms. The normalized spacial score (nSPS) is 12.3. The lowest BCUT2D eigenvalue weighted by atomic mass is 10.1. The third-order valence-electron chi connectivity index (χ3n) is 5.91. The van der Waals surface area contributed by atoms with Gasteiger partial charge in [-0.1, -0.05) is 48.5 Å². The average Bonchev–Trinajstić information content (AvgIpc) is 3.22. The van der Waals surface area contributed by atoms with Crippen LogP contribution in [-0.4, -0.2) is 30.2 Å². The SMILES string of the molecule is CC(c1ccc(C(=O)O)cc1)n1c(N)nc(=O)c2c1ncn2Cc1ccc2ccccc2c1. The maximum absolute atomic E-state index is 12.8. The maximum atomic E-state index is 12.8. The Kier molecular flexibility index (Phi) is 4.90. The van der Waals surface area contributed by atoms with Crippen molar-refractivity contribution in [3.63, 3.8) is 0 Å². The van der Waals surface area contributed by atoms with Gasteiger partial charge < -0.3 is 15.4 Å². The topological polar surface area (TPSA) is 116 Å². The number of aromatic nitrogens is 4. The lowest BCUT2D eigenvalue weighted by molar-refractivity contribution is 0.0697. The van der Waals surface area contributed by atoms with Crippen LogP contribution in [-0.2, 0) is 6.54 Å². The first-order chi connectivity index (χ1) is 15.9. The summed E-state index contributed by atoms with van der Waals surface area (Å²) in [5.74, 6) is -0.938. The minimum atomic E-state index is -0.992. The van der Waals surface area contributed by atoms with Gasteiger partial charge in [-0.15, -0.1) is 0 Å². The van der Waals surface area contributed by atoms with E-state index in [9.17, 15) is 9.59 Å². The minimum Gasteiger partial charge on any atom is -0.478 e. The molecular weight excluding hydrogens is 418 g/mol. The van der Waals surface area contributed by atoms with Crippen molar-refractivity contribution in [2.75, 3.05) is 5.73 Å². The molecule has 1 atom stereocenters. The molecule has 2 aromatic heterocycles. The number of aromatic carboxylic acids is 1. The van der Waals surface area contributed by atoms with Crippen molar-refractivity contribution in [1.29, 1.82) is 0 Å². The van der Waals surface area contributed by atoms with Gasteiger partial charge in [-0.05, 0) is 47.0 Å². The molecule has 3 aromatic carbocycles. The molecule has 0 amide bonds. The number of nitrogens with zero attached hydrogens (tertiary/aromatic N) is 4. The molecular formula is C25H21N5O3. The van der Waals surface area contributed by atoms with Gasteiger partial charge in [0, 0.05) is 6.54 Å². The Morgan fingerprint density at radius 3 is 2.52 bits per heavy atom. The number of nitrogen functional groups attached to an aromatic ring is 1. The van der Waals surface area contributed by atoms with Crippen molar-refractivity contribution < 1.29 is 9.90 Å². The third kappa shape index (κ3) is 3.61. The summed E-state index contributed by atoms with van der Waals surface area (Å²) in [4.78, 5) is 32.5. The van der Waals surface area contributed by atoms with Gasteiger partial charge in [-0.3, -0.25) is 9.36 Å². The van der Waals surface area contributed by atoms with Crippen molar-refractivity contribution in [3.05, 3.63) is 100 Å². The first kappa shape index (κ1) is 20.4. The summed E-state index contributed by atoms with van der Waals surface area (Å²) < 4.78 is 3.48. The first-order valence-electron chi connectivity index (χ1n) is 10.5. The van der Waals surface area contributed by atoms with Crippen LogP contribution in [0.5, 0.6) is 0 Å². The number of carboxylic acid groups (broad SMARTS) is 1. The molecule has 0 radical (unpaired) electrons. The summed E-state index contributed by atoms with van der Waals surface area (Å²) in [7, 11) is 0. The Hall–Kier alpha value is -4.46. The summed E-state index contributed by atoms with van der Waals surface area (Å²) in [5, 5.41) is 11.4. The predicted molar refractivity (Wildman–Crippen MR) is 126 cm³/mol. The predicted octanol–water partition coefficient (Wildman–Crippen LogP) is 3.68. The molecule has 8 nitrogen and oxygen atoms in total. The highest BCUT2D eigenvalue weighted by molar-refractivity contribution is 5.87. The number of carbonyl (C=O) groups is 1. The Morgan fingerprint density at radius 1 is 1.06 bits per heavy atom. The largest absolute Gasteiger partial charge is 0.478 e. The van der Waals surface area contributed by atoms with Crippen molar-refractivity contribution in [2.24, 2.45) is 0 Å². The van der Waals surface area contributed by atoms with Crippen LogP contribution in [0, 0.1) is 0 Å². The zero-order valence-corrected chi connectivity index (χ0v) is 17.8. The number of imidazole rings is 1. The molecule has 5 rings (SSSR count). The van der Waals surface area contributed by atoms with E-state index in [1.165, 1.54) is 12.1 Å². The zero-order chi connectivity index (χ0) is 23.1. The van der Waals surface area contributed by atoms with Crippen molar-refractivity contribution in [1.82, 2.24) is 19.1 Å². The molecule has 0 saturated carbocycles. The van der Waals surface area contributed by atoms with Crippen LogP contribution < -0.4 is 11.3 Å². The van der Waals surface area contributed by atoms with Crippen LogP contribution in [0.25, 0.3) is 21.9 Å². The van der Waals surface area contributed by atoms with Gasteiger partial charge in [0.1, 0.15) is 0 Å². The summed E-state index contributed by atoms with van der Waals surface area (Å²) in [6.07, 6.45) is 1.62. The van der Waals surface area contributed by atoms with E-state index in [0.29, 0.717) is 17.7 Å². The first-order valence-corrected chi connectivity index (χ1v) is 10.5. The van der Waals surface area contributed by atoms with E-state index in [2.05, 4.69) is 34.2 Å². The molecule has 0 aliphatic rings. The molecule has 0 fully saturated rings. The molecule has 5 aromatic rings. The second-order valence-corrected chi connectivity index (χ2v) is 7.97. The van der Waals surface area contributed by atoms with Crippen LogP contribution in [0.1, 0.15) is 34.5 Å². The standard InChI is InChI=1S/C25H21N5O3/c1-15(17-8-10-19(11-9-17)24(32)33)30-22-21(23(31)28-25(30)26)29(14-27-22)13-16-6-7-18-4-2-3-5-20(18)12-16/h2-12,14-15H,13H2,1H3,(H,32,33)(H2,26,28,31). The number of fused-ring (bicyclic) bond motifs is 2. The van der Waals surface area contributed by atoms with Crippen molar-refractivity contribution in [3.8, 4) is 0 Å². The van der Waals surface area contributed by atoms with E-state index < -0.39 is 11.5 Å². The molecule has 0 aliphatic heterocycles. The van der Waals surface area contributed by atoms with Gasteiger partial charge in [0.15, 0.2) is 11.2 Å². The Morgan fingerprint density at radius 2 is 1.79 bits per heavy atom. The van der Waals surface area contributed by atoms with Gasteiger partial charge in [0.05, 0.1) is 17.9 Å². The van der Waals surface area contributed by atoms with E-state index >= 15 is 0 Å². The van der Waals surface area contributed by atoms with Crippen LogP contribution >= 0.6 is 0 Å². The third-order valence-corrected chi connectivity index (χ3v) is 5.91. The monoisotopic (exact) mass is 439 g/mol. The number of benzene rings is 3. The number of carboxylic acids is 1. The number of hydrogen-bond acceptors (Lipinski definition) is 5. The highest BCUT2D eigenvalue weighted by Gasteiger charge is 2.20. The second kappa shape index (κ2) is 7.90. The van der Waals surface area contributed by atoms with E-state index in [1.54, 1.807) is 27.6 Å². The van der Waals surface area contributed by atoms with Gasteiger partial charge in [-0.25, -0.2) is 9.78 Å². The minimum absolute atomic E-state index is 0.0540. The molecule has 3 N–H and O–H groups in total. The van der Waals surface area contributed by atoms with Crippen LogP contribution in [0.2, 0.25) is 0 Å². The van der Waals surface area contributed by atoms with Crippen molar-refractivity contribution in [2.45, 2.75) is 19.5 Å². The number of nitrogens with two attached hydrogens (primary N) is 1. The molecule has 1 unspecified atom stereocenters. The van der Waals surface area contributed by atoms with Crippen molar-refractivity contribution >= 4 is 33.9 Å². The number of anilines is 1. The fourth-order valence-corrected chi connectivity index (χ4v) is 4.17. The molecule has 0 saturated heterocycles. The summed E-state index contributed by atoms with van der Waals surface area (Å²) in [6, 6.07) is 20.5. The van der Waals surface area contributed by atoms with Gasteiger partial charge in [-0.2, -0.15) is 4.98 Å². The van der Waals surface area contributed by atoms with Gasteiger partial charge in [0.2, 0.25) is 5.95 Å². The second-order valence-electron chi connectivity index (χ2n) is 7.97. The van der Waals surface area contributed by atoms with E-state index in [4.69, 9.17) is 10.8 Å². The Bertz CT molecular complexity index is 1570. The van der Waals surface area contributed by atoms with E-state index in [0.717, 1.165) is 21.9 Å². The number of rotatable bonds is 5. The summed E-state index contributed by atoms with van der Waals surface area (Å²) in [6.45, 7) is 2.37. The van der Waals surface area contributed by atoms with Crippen LogP contribution in [0.3, 0.4) is 0 Å². The quantitative estimate of drug-likeness (QED) is 0.432. The fourth-order valence-electron chi connectivity index (χ4n) is 4.17. The van der Waals surface area contributed by atoms with E-state index in [-0.39, 0.29) is 17.6 Å². The number of hydrogen-bond donors (Lipinski definition) is 2. The molecule has 164 valence electrons. The highest BCUT2D eigenvalue weighted by Crippen LogP contribution is 2.25. The van der Waals surface area contributed by atoms with Crippen LogP contribution in [0.15, 0.2) is 77.9 Å². The summed E-state index contributed by atoms with van der Waals surface area (Å²) in [5.41, 5.74) is 8.55. The molecule has 0 spiro atoms. The Balaban J connectivity index is 1.57. The lowest BCUT2D eigenvalue weighted by Gasteiger charge is -2.19.